The van der Waals surface area contributed by atoms with Crippen LogP contribution in [0.5, 0.6) is 0 Å². The van der Waals surface area contributed by atoms with E-state index in [0.717, 1.165) is 11.1 Å². The van der Waals surface area contributed by atoms with Crippen LogP contribution in [0, 0.1) is 0 Å². The second-order valence-electron chi connectivity index (χ2n) is 6.60. The number of Topliss-reactive ketones (excluding diaryl/α,β-unsaturated/α-hetero) is 1. The summed E-state index contributed by atoms with van der Waals surface area (Å²) in [5, 5.41) is 0. The number of hydrogen-bond donors (Lipinski definition) is 0. The summed E-state index contributed by atoms with van der Waals surface area (Å²) < 4.78 is 5.59. The van der Waals surface area contributed by atoms with Crippen LogP contribution in [0.15, 0.2) is 48.5 Å². The molecule has 0 N–H and O–H groups in total. The Labute approximate surface area is 139 Å². The number of carbonyl (C=O) groups excluding carboxylic acids is 1. The first-order valence-electron chi connectivity index (χ1n) is 8.27. The second-order valence-corrected chi connectivity index (χ2v) is 6.60. The van der Waals surface area contributed by atoms with Gasteiger partial charge in [-0.05, 0) is 40.7 Å². The van der Waals surface area contributed by atoms with Crippen LogP contribution >= 0.6 is 0 Å². The van der Waals surface area contributed by atoms with E-state index in [4.69, 9.17) is 4.74 Å². The summed E-state index contributed by atoms with van der Waals surface area (Å²) in [6.45, 7) is 9.19. The molecule has 0 aliphatic carbocycles. The molecule has 2 aromatic rings. The Hall–Kier alpha value is -1.93. The fraction of sp³-hybridized carbons (Fsp3) is 0.381. The minimum Gasteiger partial charge on any atom is -0.369 e. The molecule has 0 atom stereocenters. The summed E-state index contributed by atoms with van der Waals surface area (Å²) in [5.74, 6) is 0.862. The normalized spacial score (nSPS) is 11.2. The van der Waals surface area contributed by atoms with Crippen molar-refractivity contribution in [1.29, 1.82) is 0 Å². The number of ether oxygens (including phenoxy) is 1. The molecular formula is C21H26O2. The van der Waals surface area contributed by atoms with Crippen molar-refractivity contribution in [3.8, 4) is 0 Å². The Bertz CT molecular complexity index is 616. The largest absolute Gasteiger partial charge is 0.369 e. The lowest BCUT2D eigenvalue weighted by Crippen LogP contribution is -2.10. The molecule has 0 unspecified atom stereocenters. The highest BCUT2D eigenvalue weighted by atomic mass is 16.5. The van der Waals surface area contributed by atoms with Crippen molar-refractivity contribution in [3.05, 3.63) is 70.8 Å². The predicted octanol–water partition coefficient (Wildman–Crippen LogP) is 5.33. The fourth-order valence-corrected chi connectivity index (χ4v) is 2.42. The molecule has 0 saturated carbocycles. The Kier molecular flexibility index (Phi) is 6.12. The van der Waals surface area contributed by atoms with Crippen molar-refractivity contribution in [3.63, 3.8) is 0 Å². The molecule has 0 radical (unpaired) electrons. The highest BCUT2D eigenvalue weighted by Crippen LogP contribution is 2.23. The predicted molar refractivity (Wildman–Crippen MR) is 95.0 cm³/mol. The maximum atomic E-state index is 12.5. The molecule has 0 bridgehead atoms. The molecule has 0 aliphatic heterocycles. The van der Waals surface area contributed by atoms with Crippen LogP contribution in [0.25, 0.3) is 0 Å². The van der Waals surface area contributed by atoms with E-state index in [-0.39, 0.29) is 12.4 Å². The van der Waals surface area contributed by atoms with Crippen LogP contribution in [-0.2, 0) is 11.3 Å². The molecule has 0 aromatic heterocycles. The Morgan fingerprint density at radius 2 is 1.48 bits per heavy atom. The van der Waals surface area contributed by atoms with Crippen LogP contribution in [0.3, 0.4) is 0 Å². The van der Waals surface area contributed by atoms with Gasteiger partial charge in [0, 0.05) is 5.56 Å². The maximum Gasteiger partial charge on any atom is 0.188 e. The van der Waals surface area contributed by atoms with Crippen molar-refractivity contribution >= 4 is 5.78 Å². The average molecular weight is 310 g/mol. The molecule has 122 valence electrons. The van der Waals surface area contributed by atoms with E-state index in [9.17, 15) is 4.79 Å². The molecule has 2 heteroatoms. The Morgan fingerprint density at radius 1 is 0.913 bits per heavy atom. The van der Waals surface area contributed by atoms with Gasteiger partial charge in [0.05, 0.1) is 6.61 Å². The van der Waals surface area contributed by atoms with E-state index < -0.39 is 0 Å². The fourth-order valence-electron chi connectivity index (χ4n) is 2.42. The van der Waals surface area contributed by atoms with Crippen molar-refractivity contribution in [2.24, 2.45) is 0 Å². The quantitative estimate of drug-likeness (QED) is 0.646. The zero-order valence-electron chi connectivity index (χ0n) is 14.5. The van der Waals surface area contributed by atoms with Gasteiger partial charge in [0.25, 0.3) is 0 Å². The van der Waals surface area contributed by atoms with Crippen LogP contribution in [-0.4, -0.2) is 12.4 Å². The molecule has 2 rings (SSSR count). The summed E-state index contributed by atoms with van der Waals surface area (Å²) in [4.78, 5) is 12.5. The first-order valence-corrected chi connectivity index (χ1v) is 8.27. The van der Waals surface area contributed by atoms with Crippen molar-refractivity contribution in [1.82, 2.24) is 0 Å². The van der Waals surface area contributed by atoms with Gasteiger partial charge in [-0.1, -0.05) is 64.1 Å². The van der Waals surface area contributed by atoms with Gasteiger partial charge in [0.1, 0.15) is 6.61 Å². The van der Waals surface area contributed by atoms with E-state index in [1.807, 2.05) is 42.5 Å². The maximum absolute atomic E-state index is 12.5. The third-order valence-electron chi connectivity index (χ3n) is 3.98. The molecule has 0 fully saturated rings. The lowest BCUT2D eigenvalue weighted by molar-refractivity contribution is 0.0726. The lowest BCUT2D eigenvalue weighted by Gasteiger charge is -2.14. The Morgan fingerprint density at radius 3 is 2.00 bits per heavy atom. The summed E-state index contributed by atoms with van der Waals surface area (Å²) in [7, 11) is 0. The number of carbonyl (C=O) groups is 1. The van der Waals surface area contributed by atoms with E-state index in [1.165, 1.54) is 11.1 Å². The van der Waals surface area contributed by atoms with E-state index in [0.29, 0.717) is 18.4 Å². The van der Waals surface area contributed by atoms with Crippen LogP contribution in [0.2, 0.25) is 0 Å². The molecule has 2 nitrogen and oxygen atoms in total. The van der Waals surface area contributed by atoms with Crippen molar-refractivity contribution < 1.29 is 9.53 Å². The van der Waals surface area contributed by atoms with Gasteiger partial charge in [0.2, 0.25) is 0 Å². The van der Waals surface area contributed by atoms with E-state index >= 15 is 0 Å². The minimum absolute atomic E-state index is 0.0466. The van der Waals surface area contributed by atoms with Gasteiger partial charge < -0.3 is 4.74 Å². The highest BCUT2D eigenvalue weighted by molar-refractivity contribution is 5.97. The van der Waals surface area contributed by atoms with Crippen molar-refractivity contribution in [2.45, 2.75) is 46.1 Å². The molecule has 2 aromatic carbocycles. The first kappa shape index (κ1) is 17.4. The standard InChI is InChI=1S/C21H26O2/c1-15(2)18-10-19(16(3)4)12-20(11-18)21(22)14-23-13-17-8-6-5-7-9-17/h5-12,15-16H,13-14H2,1-4H3. The SMILES string of the molecule is CC(C)c1cc(C(=O)COCc2ccccc2)cc(C(C)C)c1. The summed E-state index contributed by atoms with van der Waals surface area (Å²) >= 11 is 0. The summed E-state index contributed by atoms with van der Waals surface area (Å²) in [6.07, 6.45) is 0. The smallest absolute Gasteiger partial charge is 0.188 e. The lowest BCUT2D eigenvalue weighted by atomic mass is 9.92. The van der Waals surface area contributed by atoms with Crippen LogP contribution in [0.1, 0.15) is 66.6 Å². The number of benzene rings is 2. The zero-order valence-corrected chi connectivity index (χ0v) is 14.5. The van der Waals surface area contributed by atoms with Crippen LogP contribution in [0.4, 0.5) is 0 Å². The second kappa shape index (κ2) is 8.07. The summed E-state index contributed by atoms with van der Waals surface area (Å²) in [6, 6.07) is 16.1. The molecule has 0 saturated heterocycles. The Balaban J connectivity index is 2.06. The average Bonchev–Trinajstić information content (AvgIpc) is 2.55. The molecule has 0 spiro atoms. The zero-order chi connectivity index (χ0) is 16.8. The first-order chi connectivity index (χ1) is 11.0. The van der Waals surface area contributed by atoms with Gasteiger partial charge in [-0.3, -0.25) is 4.79 Å². The third kappa shape index (κ3) is 5.04. The van der Waals surface area contributed by atoms with E-state index in [2.05, 4.69) is 33.8 Å². The van der Waals surface area contributed by atoms with Gasteiger partial charge in [-0.25, -0.2) is 0 Å². The molecule has 0 amide bonds. The van der Waals surface area contributed by atoms with Gasteiger partial charge in [0.15, 0.2) is 5.78 Å². The molecule has 23 heavy (non-hydrogen) atoms. The van der Waals surface area contributed by atoms with E-state index in [1.54, 1.807) is 0 Å². The molecular weight excluding hydrogens is 284 g/mol. The van der Waals surface area contributed by atoms with Crippen LogP contribution < -0.4 is 0 Å². The molecule has 0 heterocycles. The highest BCUT2D eigenvalue weighted by Gasteiger charge is 2.12. The van der Waals surface area contributed by atoms with Crippen molar-refractivity contribution in [2.75, 3.05) is 6.61 Å². The third-order valence-corrected chi connectivity index (χ3v) is 3.98. The van der Waals surface area contributed by atoms with Gasteiger partial charge in [-0.2, -0.15) is 0 Å². The summed E-state index contributed by atoms with van der Waals surface area (Å²) in [5.41, 5.74) is 4.26. The minimum atomic E-state index is 0.0466. The van der Waals surface area contributed by atoms with Gasteiger partial charge >= 0.3 is 0 Å². The number of hydrogen-bond acceptors (Lipinski definition) is 2. The number of rotatable bonds is 7. The number of ketones is 1. The topological polar surface area (TPSA) is 26.3 Å². The van der Waals surface area contributed by atoms with Gasteiger partial charge in [-0.15, -0.1) is 0 Å². The molecule has 0 aliphatic rings. The monoisotopic (exact) mass is 310 g/mol.